The number of carbonyl (C=O) groups excluding carboxylic acids is 1. The van der Waals surface area contributed by atoms with Crippen LogP contribution in [0.1, 0.15) is 36.8 Å². The first kappa shape index (κ1) is 18.8. The third-order valence-electron chi connectivity index (χ3n) is 5.76. The van der Waals surface area contributed by atoms with Gasteiger partial charge in [0.2, 0.25) is 5.91 Å². The molecule has 0 saturated carbocycles. The number of benzene rings is 1. The number of ether oxygens (including phenoxy) is 1. The van der Waals surface area contributed by atoms with Gasteiger partial charge in [0.1, 0.15) is 11.9 Å². The van der Waals surface area contributed by atoms with E-state index in [1.54, 1.807) is 19.2 Å². The van der Waals surface area contributed by atoms with Gasteiger partial charge in [-0.1, -0.05) is 6.07 Å². The van der Waals surface area contributed by atoms with Crippen molar-refractivity contribution in [3.8, 4) is 6.07 Å². The van der Waals surface area contributed by atoms with Crippen molar-refractivity contribution < 1.29 is 13.9 Å². The minimum Gasteiger partial charge on any atom is -0.383 e. The fourth-order valence-electron chi connectivity index (χ4n) is 4.19. The van der Waals surface area contributed by atoms with Crippen LogP contribution in [0.25, 0.3) is 0 Å². The lowest BCUT2D eigenvalue weighted by molar-refractivity contribution is -0.137. The topological polar surface area (TPSA) is 56.6 Å². The summed E-state index contributed by atoms with van der Waals surface area (Å²) in [6.45, 7) is 4.54. The SMILES string of the molecule is COCCN1CC[C@@]2(CCCN(Cc3ccc(F)c(C#N)c3)CC2)C1=O. The molecule has 2 aliphatic rings. The highest BCUT2D eigenvalue weighted by atomic mass is 19.1. The average Bonchev–Trinajstić information content (AvgIpc) is 2.81. The maximum Gasteiger partial charge on any atom is 0.228 e. The fraction of sp³-hybridized carbons (Fsp3) is 0.600. The van der Waals surface area contributed by atoms with E-state index in [1.165, 1.54) is 6.07 Å². The van der Waals surface area contributed by atoms with Gasteiger partial charge in [-0.2, -0.15) is 5.26 Å². The Labute approximate surface area is 154 Å². The van der Waals surface area contributed by atoms with Crippen molar-refractivity contribution in [2.24, 2.45) is 5.41 Å². The average molecular weight is 359 g/mol. The van der Waals surface area contributed by atoms with Crippen LogP contribution in [0.15, 0.2) is 18.2 Å². The third-order valence-corrected chi connectivity index (χ3v) is 5.76. The molecule has 1 atom stereocenters. The van der Waals surface area contributed by atoms with E-state index in [1.807, 2.05) is 11.0 Å². The van der Waals surface area contributed by atoms with Crippen LogP contribution in [-0.4, -0.2) is 55.6 Å². The minimum atomic E-state index is -0.473. The molecule has 26 heavy (non-hydrogen) atoms. The second-order valence-electron chi connectivity index (χ2n) is 7.37. The quantitative estimate of drug-likeness (QED) is 0.811. The Morgan fingerprint density at radius 2 is 2.08 bits per heavy atom. The monoisotopic (exact) mass is 359 g/mol. The number of nitriles is 1. The predicted octanol–water partition coefficient (Wildman–Crippen LogP) is 2.55. The first-order chi connectivity index (χ1) is 12.6. The van der Waals surface area contributed by atoms with Gasteiger partial charge >= 0.3 is 0 Å². The van der Waals surface area contributed by atoms with Crippen LogP contribution in [-0.2, 0) is 16.1 Å². The minimum absolute atomic E-state index is 0.0912. The molecule has 2 saturated heterocycles. The van der Waals surface area contributed by atoms with Gasteiger partial charge in [-0.05, 0) is 56.5 Å². The van der Waals surface area contributed by atoms with Gasteiger partial charge in [-0.15, -0.1) is 0 Å². The Balaban J connectivity index is 1.62. The molecule has 140 valence electrons. The number of amides is 1. The lowest BCUT2D eigenvalue weighted by Crippen LogP contribution is -2.37. The Kier molecular flexibility index (Phi) is 5.90. The van der Waals surface area contributed by atoms with Crippen LogP contribution in [0.2, 0.25) is 0 Å². The summed E-state index contributed by atoms with van der Waals surface area (Å²) in [5, 5.41) is 8.99. The van der Waals surface area contributed by atoms with E-state index >= 15 is 0 Å². The molecule has 0 N–H and O–H groups in total. The number of methoxy groups -OCH3 is 1. The predicted molar refractivity (Wildman–Crippen MR) is 95.7 cm³/mol. The van der Waals surface area contributed by atoms with Crippen molar-refractivity contribution >= 4 is 5.91 Å². The number of hydrogen-bond donors (Lipinski definition) is 0. The summed E-state index contributed by atoms with van der Waals surface area (Å²) in [4.78, 5) is 17.2. The highest BCUT2D eigenvalue weighted by molar-refractivity contribution is 5.84. The second-order valence-corrected chi connectivity index (χ2v) is 7.37. The molecule has 1 amide bonds. The zero-order chi connectivity index (χ0) is 18.6. The van der Waals surface area contributed by atoms with Gasteiger partial charge in [0, 0.05) is 26.7 Å². The molecule has 0 bridgehead atoms. The molecular weight excluding hydrogens is 333 g/mol. The summed E-state index contributed by atoms with van der Waals surface area (Å²) in [7, 11) is 1.66. The number of nitrogens with zero attached hydrogens (tertiary/aromatic N) is 3. The molecule has 1 spiro atoms. The molecule has 0 aliphatic carbocycles. The van der Waals surface area contributed by atoms with Crippen LogP contribution >= 0.6 is 0 Å². The zero-order valence-electron chi connectivity index (χ0n) is 15.3. The van der Waals surface area contributed by atoms with Crippen molar-refractivity contribution in [3.63, 3.8) is 0 Å². The van der Waals surface area contributed by atoms with Crippen molar-refractivity contribution in [1.82, 2.24) is 9.80 Å². The molecular formula is C20H26FN3O2. The maximum atomic E-state index is 13.5. The third kappa shape index (κ3) is 3.89. The molecule has 1 aromatic carbocycles. The highest BCUT2D eigenvalue weighted by Gasteiger charge is 2.46. The zero-order valence-corrected chi connectivity index (χ0v) is 15.3. The summed E-state index contributed by atoms with van der Waals surface area (Å²) in [5.74, 6) is -0.191. The van der Waals surface area contributed by atoms with Crippen LogP contribution in [0, 0.1) is 22.6 Å². The Hall–Kier alpha value is -1.97. The Morgan fingerprint density at radius 3 is 2.85 bits per heavy atom. The van der Waals surface area contributed by atoms with Gasteiger partial charge in [-0.25, -0.2) is 4.39 Å². The van der Waals surface area contributed by atoms with E-state index in [-0.39, 0.29) is 16.9 Å². The lowest BCUT2D eigenvalue weighted by Gasteiger charge is -2.26. The summed E-state index contributed by atoms with van der Waals surface area (Å²) < 4.78 is 18.6. The first-order valence-corrected chi connectivity index (χ1v) is 9.27. The Bertz CT molecular complexity index is 703. The van der Waals surface area contributed by atoms with Crippen LogP contribution < -0.4 is 0 Å². The van der Waals surface area contributed by atoms with Crippen LogP contribution in [0.5, 0.6) is 0 Å². The fourth-order valence-corrected chi connectivity index (χ4v) is 4.19. The number of halogens is 1. The standard InChI is InChI=1S/C20H26FN3O2/c1-26-12-11-24-10-7-20(19(24)25)5-2-8-23(9-6-20)15-16-3-4-18(21)17(13-16)14-22/h3-4,13H,2,5-12,15H2,1H3/t20-/m0/s1. The van der Waals surface area contributed by atoms with E-state index in [0.717, 1.165) is 50.9 Å². The maximum absolute atomic E-state index is 13.5. The number of carbonyl (C=O) groups is 1. The van der Waals surface area contributed by atoms with Crippen molar-refractivity contribution in [3.05, 3.63) is 35.1 Å². The molecule has 0 aromatic heterocycles. The number of hydrogen-bond acceptors (Lipinski definition) is 4. The molecule has 2 aliphatic heterocycles. The Morgan fingerprint density at radius 1 is 1.27 bits per heavy atom. The van der Waals surface area contributed by atoms with E-state index in [0.29, 0.717) is 19.7 Å². The van der Waals surface area contributed by atoms with E-state index in [4.69, 9.17) is 10.00 Å². The number of likely N-dealkylation sites (tertiary alicyclic amines) is 2. The second kappa shape index (κ2) is 8.15. The summed E-state index contributed by atoms with van der Waals surface area (Å²) in [6, 6.07) is 6.63. The molecule has 0 unspecified atom stereocenters. The van der Waals surface area contributed by atoms with E-state index < -0.39 is 5.82 Å². The molecule has 5 nitrogen and oxygen atoms in total. The molecule has 0 radical (unpaired) electrons. The summed E-state index contributed by atoms with van der Waals surface area (Å²) in [5.41, 5.74) is 0.815. The van der Waals surface area contributed by atoms with Crippen LogP contribution in [0.3, 0.4) is 0 Å². The first-order valence-electron chi connectivity index (χ1n) is 9.27. The van der Waals surface area contributed by atoms with Gasteiger partial charge in [-0.3, -0.25) is 9.69 Å². The molecule has 2 heterocycles. The van der Waals surface area contributed by atoms with E-state index in [2.05, 4.69) is 4.90 Å². The molecule has 3 rings (SSSR count). The van der Waals surface area contributed by atoms with Crippen LogP contribution in [0.4, 0.5) is 4.39 Å². The summed E-state index contributed by atoms with van der Waals surface area (Å²) in [6.07, 6.45) is 3.70. The smallest absolute Gasteiger partial charge is 0.228 e. The van der Waals surface area contributed by atoms with Crippen molar-refractivity contribution in [1.29, 1.82) is 5.26 Å². The van der Waals surface area contributed by atoms with Gasteiger partial charge < -0.3 is 9.64 Å². The van der Waals surface area contributed by atoms with Gasteiger partial charge in [0.05, 0.1) is 17.6 Å². The summed E-state index contributed by atoms with van der Waals surface area (Å²) >= 11 is 0. The highest BCUT2D eigenvalue weighted by Crippen LogP contribution is 2.41. The molecule has 6 heteroatoms. The van der Waals surface area contributed by atoms with Gasteiger partial charge in [0.25, 0.3) is 0 Å². The lowest BCUT2D eigenvalue weighted by atomic mass is 9.79. The molecule has 2 fully saturated rings. The van der Waals surface area contributed by atoms with E-state index in [9.17, 15) is 9.18 Å². The largest absolute Gasteiger partial charge is 0.383 e. The van der Waals surface area contributed by atoms with Crippen molar-refractivity contribution in [2.45, 2.75) is 32.2 Å². The number of rotatable bonds is 5. The normalized spacial score (nSPS) is 24.0. The molecule has 1 aromatic rings. The van der Waals surface area contributed by atoms with Gasteiger partial charge in [0.15, 0.2) is 0 Å². The van der Waals surface area contributed by atoms with Crippen molar-refractivity contribution in [2.75, 3.05) is 39.9 Å².